The number of halogens is 1. The summed E-state index contributed by atoms with van der Waals surface area (Å²) >= 11 is 3.33. The molecule has 3 aromatic rings. The first-order valence-corrected chi connectivity index (χ1v) is 8.97. The summed E-state index contributed by atoms with van der Waals surface area (Å²) in [5.74, 6) is -1.69. The highest BCUT2D eigenvalue weighted by atomic mass is 79.9. The van der Waals surface area contributed by atoms with Crippen LogP contribution in [0.2, 0.25) is 0 Å². The maximum atomic E-state index is 12.5. The Bertz CT molecular complexity index is 1030. The second-order valence-corrected chi connectivity index (χ2v) is 6.81. The van der Waals surface area contributed by atoms with E-state index in [1.165, 1.54) is 11.7 Å². The quantitative estimate of drug-likeness (QED) is 0.603. The first kappa shape index (κ1) is 18.9. The Morgan fingerprint density at radius 2 is 1.96 bits per heavy atom. The number of nitrogens with one attached hydrogen (secondary N) is 1. The molecule has 1 heterocycles. The molecule has 0 radical (unpaired) electrons. The van der Waals surface area contributed by atoms with Gasteiger partial charge in [-0.2, -0.15) is 0 Å². The molecule has 0 aliphatic heterocycles. The van der Waals surface area contributed by atoms with Crippen molar-refractivity contribution in [1.29, 1.82) is 0 Å². The molecule has 140 valence electrons. The molecule has 27 heavy (non-hydrogen) atoms. The van der Waals surface area contributed by atoms with Gasteiger partial charge in [0.15, 0.2) is 5.58 Å². The number of benzene rings is 2. The van der Waals surface area contributed by atoms with Crippen LogP contribution < -0.4 is 11.1 Å². The van der Waals surface area contributed by atoms with Gasteiger partial charge in [0, 0.05) is 10.9 Å². The Morgan fingerprint density at radius 3 is 2.67 bits per heavy atom. The molecular weight excluding hydrogens is 416 g/mol. The summed E-state index contributed by atoms with van der Waals surface area (Å²) in [6.07, 6.45) is 0.284. The van der Waals surface area contributed by atoms with Crippen molar-refractivity contribution in [1.82, 2.24) is 9.88 Å². The SMILES string of the molecule is COC(=O)C(Cc1ccccc1)NC(=O)Cn1c(=O)oc2ccc(Br)cc21. The molecule has 0 spiro atoms. The number of oxazole rings is 1. The summed E-state index contributed by atoms with van der Waals surface area (Å²) in [5.41, 5.74) is 1.75. The molecule has 0 fully saturated rings. The molecule has 0 bridgehead atoms. The van der Waals surface area contributed by atoms with Crippen LogP contribution in [0.3, 0.4) is 0 Å². The molecule has 0 saturated heterocycles. The Labute approximate surface area is 163 Å². The highest BCUT2D eigenvalue weighted by molar-refractivity contribution is 9.10. The van der Waals surface area contributed by atoms with Gasteiger partial charge in [-0.15, -0.1) is 0 Å². The van der Waals surface area contributed by atoms with E-state index in [9.17, 15) is 14.4 Å². The molecule has 1 unspecified atom stereocenters. The van der Waals surface area contributed by atoms with Crippen molar-refractivity contribution in [3.8, 4) is 0 Å². The topological polar surface area (TPSA) is 90.5 Å². The maximum Gasteiger partial charge on any atom is 0.420 e. The first-order chi connectivity index (χ1) is 13.0. The summed E-state index contributed by atoms with van der Waals surface area (Å²) in [7, 11) is 1.26. The minimum absolute atomic E-state index is 0.273. The van der Waals surface area contributed by atoms with Gasteiger partial charge in [0.05, 0.1) is 12.6 Å². The van der Waals surface area contributed by atoms with Crippen molar-refractivity contribution in [3.05, 3.63) is 69.1 Å². The Hall–Kier alpha value is -2.87. The third-order valence-electron chi connectivity index (χ3n) is 4.03. The number of hydrogen-bond donors (Lipinski definition) is 1. The largest absolute Gasteiger partial charge is 0.467 e. The number of aromatic nitrogens is 1. The Kier molecular flexibility index (Phi) is 5.75. The molecular formula is C19H17BrN2O5. The molecule has 2 aromatic carbocycles. The Balaban J connectivity index is 1.78. The van der Waals surface area contributed by atoms with Gasteiger partial charge >= 0.3 is 11.7 Å². The lowest BCUT2D eigenvalue weighted by atomic mass is 10.1. The van der Waals surface area contributed by atoms with E-state index in [0.717, 1.165) is 10.0 Å². The number of esters is 1. The van der Waals surface area contributed by atoms with Crippen molar-refractivity contribution in [3.63, 3.8) is 0 Å². The molecule has 0 aliphatic carbocycles. The number of amides is 1. The summed E-state index contributed by atoms with van der Waals surface area (Å²) in [6, 6.07) is 13.5. The van der Waals surface area contributed by atoms with E-state index in [0.29, 0.717) is 11.1 Å². The smallest absolute Gasteiger partial charge is 0.420 e. The average Bonchev–Trinajstić information content (AvgIpc) is 2.96. The van der Waals surface area contributed by atoms with E-state index in [2.05, 4.69) is 21.2 Å². The van der Waals surface area contributed by atoms with Crippen LogP contribution in [0.4, 0.5) is 0 Å². The number of carbonyl (C=O) groups excluding carboxylic acids is 2. The van der Waals surface area contributed by atoms with Gasteiger partial charge in [0.2, 0.25) is 5.91 Å². The molecule has 3 rings (SSSR count). The summed E-state index contributed by atoms with van der Waals surface area (Å²) in [5, 5.41) is 2.63. The fraction of sp³-hybridized carbons (Fsp3) is 0.211. The molecule has 0 saturated carbocycles. The number of ether oxygens (including phenoxy) is 1. The second kappa shape index (κ2) is 8.22. The van der Waals surface area contributed by atoms with Crippen LogP contribution in [0.1, 0.15) is 5.56 Å². The number of hydrogen-bond acceptors (Lipinski definition) is 5. The van der Waals surface area contributed by atoms with Crippen LogP contribution in [0, 0.1) is 0 Å². The zero-order valence-electron chi connectivity index (χ0n) is 14.5. The minimum Gasteiger partial charge on any atom is -0.467 e. The Morgan fingerprint density at radius 1 is 1.22 bits per heavy atom. The van der Waals surface area contributed by atoms with Crippen LogP contribution >= 0.6 is 15.9 Å². The highest BCUT2D eigenvalue weighted by Gasteiger charge is 2.23. The van der Waals surface area contributed by atoms with E-state index in [-0.39, 0.29) is 13.0 Å². The molecule has 1 N–H and O–H groups in total. The second-order valence-electron chi connectivity index (χ2n) is 5.90. The fourth-order valence-corrected chi connectivity index (χ4v) is 3.10. The number of fused-ring (bicyclic) bond motifs is 1. The fourth-order valence-electron chi connectivity index (χ4n) is 2.75. The molecule has 7 nitrogen and oxygen atoms in total. The normalized spacial score (nSPS) is 11.9. The zero-order chi connectivity index (χ0) is 19.4. The maximum absolute atomic E-state index is 12.5. The van der Waals surface area contributed by atoms with Crippen LogP contribution in [0.15, 0.2) is 62.2 Å². The van der Waals surface area contributed by atoms with Crippen LogP contribution in [-0.2, 0) is 27.3 Å². The molecule has 1 amide bonds. The molecule has 1 atom stereocenters. The van der Waals surface area contributed by atoms with Gasteiger partial charge in [-0.3, -0.25) is 9.36 Å². The van der Waals surface area contributed by atoms with Crippen LogP contribution in [0.25, 0.3) is 11.1 Å². The predicted octanol–water partition coefficient (Wildman–Crippen LogP) is 2.26. The predicted molar refractivity (Wildman–Crippen MR) is 102 cm³/mol. The summed E-state index contributed by atoms with van der Waals surface area (Å²) in [6.45, 7) is -0.273. The minimum atomic E-state index is -0.856. The molecule has 1 aromatic heterocycles. The van der Waals surface area contributed by atoms with Crippen molar-refractivity contribution >= 4 is 38.9 Å². The van der Waals surface area contributed by atoms with Gasteiger partial charge in [-0.1, -0.05) is 46.3 Å². The van der Waals surface area contributed by atoms with E-state index in [4.69, 9.17) is 9.15 Å². The first-order valence-electron chi connectivity index (χ1n) is 8.18. The van der Waals surface area contributed by atoms with E-state index >= 15 is 0 Å². The van der Waals surface area contributed by atoms with Gasteiger partial charge < -0.3 is 14.5 Å². The lowest BCUT2D eigenvalue weighted by molar-refractivity contribution is -0.145. The van der Waals surface area contributed by atoms with E-state index < -0.39 is 23.7 Å². The van der Waals surface area contributed by atoms with Crippen molar-refractivity contribution in [2.45, 2.75) is 19.0 Å². The average molecular weight is 433 g/mol. The third kappa shape index (κ3) is 4.46. The zero-order valence-corrected chi connectivity index (χ0v) is 16.1. The van der Waals surface area contributed by atoms with Crippen molar-refractivity contribution in [2.24, 2.45) is 0 Å². The lowest BCUT2D eigenvalue weighted by Crippen LogP contribution is -2.45. The van der Waals surface area contributed by atoms with Gasteiger partial charge in [-0.05, 0) is 23.8 Å². The highest BCUT2D eigenvalue weighted by Crippen LogP contribution is 2.18. The summed E-state index contributed by atoms with van der Waals surface area (Å²) < 4.78 is 11.9. The lowest BCUT2D eigenvalue weighted by Gasteiger charge is -2.16. The molecule has 0 aliphatic rings. The van der Waals surface area contributed by atoms with Gasteiger partial charge in [0.25, 0.3) is 0 Å². The van der Waals surface area contributed by atoms with E-state index in [1.54, 1.807) is 18.2 Å². The van der Waals surface area contributed by atoms with E-state index in [1.807, 2.05) is 30.3 Å². The van der Waals surface area contributed by atoms with Crippen LogP contribution in [0.5, 0.6) is 0 Å². The standard InChI is InChI=1S/C19H17BrN2O5/c1-26-18(24)14(9-12-5-3-2-4-6-12)21-17(23)11-22-15-10-13(20)7-8-16(15)27-19(22)25/h2-8,10,14H,9,11H2,1H3,(H,21,23). The number of carbonyl (C=O) groups is 2. The number of nitrogens with zero attached hydrogens (tertiary/aromatic N) is 1. The monoisotopic (exact) mass is 432 g/mol. The van der Waals surface area contributed by atoms with Crippen LogP contribution in [-0.4, -0.2) is 29.6 Å². The third-order valence-corrected chi connectivity index (χ3v) is 4.53. The number of methoxy groups -OCH3 is 1. The van der Waals surface area contributed by atoms with Gasteiger partial charge in [-0.25, -0.2) is 9.59 Å². The van der Waals surface area contributed by atoms with Crippen molar-refractivity contribution < 1.29 is 18.7 Å². The number of rotatable bonds is 6. The van der Waals surface area contributed by atoms with Gasteiger partial charge in [0.1, 0.15) is 12.6 Å². The molecule has 8 heteroatoms. The summed E-state index contributed by atoms with van der Waals surface area (Å²) in [4.78, 5) is 36.6. The van der Waals surface area contributed by atoms with Crippen molar-refractivity contribution in [2.75, 3.05) is 7.11 Å².